The number of halogens is 1. The lowest BCUT2D eigenvalue weighted by molar-refractivity contribution is -0.136. The number of aromatic hydroxyl groups is 1. The number of carboxylic acids is 1. The third-order valence-electron chi connectivity index (χ3n) is 6.21. The van der Waals surface area contributed by atoms with Crippen LogP contribution >= 0.6 is 0 Å². The Hall–Kier alpha value is -3.67. The van der Waals surface area contributed by atoms with Crippen molar-refractivity contribution in [1.29, 1.82) is 0 Å². The van der Waals surface area contributed by atoms with Crippen molar-refractivity contribution >= 4 is 11.9 Å². The average Bonchev–Trinajstić information content (AvgIpc) is 3.18. The lowest BCUT2D eigenvalue weighted by atomic mass is 9.84. The fraction of sp³-hybridized carbons (Fsp3) is 0.231. The topological polar surface area (TPSA) is 77.8 Å². The minimum atomic E-state index is -0.967. The van der Waals surface area contributed by atoms with Gasteiger partial charge in [0.1, 0.15) is 11.6 Å². The largest absolute Gasteiger partial charge is 0.507 e. The lowest BCUT2D eigenvalue weighted by Crippen LogP contribution is -2.25. The van der Waals surface area contributed by atoms with Gasteiger partial charge >= 0.3 is 5.97 Å². The molecule has 164 valence electrons. The molecular formula is C26H24FNO4. The third-order valence-corrected chi connectivity index (χ3v) is 6.21. The van der Waals surface area contributed by atoms with Crippen molar-refractivity contribution in [2.75, 3.05) is 0 Å². The molecule has 0 aliphatic carbocycles. The maximum atomic E-state index is 13.6. The Labute approximate surface area is 185 Å². The first-order valence-corrected chi connectivity index (χ1v) is 10.4. The molecule has 5 nitrogen and oxygen atoms in total. The van der Waals surface area contributed by atoms with Gasteiger partial charge in [-0.1, -0.05) is 18.2 Å². The number of carboxylic acid groups (broad SMARTS) is 1. The Bertz CT molecular complexity index is 1270. The Kier molecular flexibility index (Phi) is 5.46. The Balaban J connectivity index is 1.84. The van der Waals surface area contributed by atoms with Crippen LogP contribution in [0.25, 0.3) is 11.1 Å². The number of nitrogens with zero attached hydrogens (tertiary/aromatic N) is 1. The molecule has 0 atom stereocenters. The summed E-state index contributed by atoms with van der Waals surface area (Å²) < 4.78 is 13.6. The molecule has 32 heavy (non-hydrogen) atoms. The van der Waals surface area contributed by atoms with E-state index < -0.39 is 11.8 Å². The van der Waals surface area contributed by atoms with Gasteiger partial charge in [0.15, 0.2) is 0 Å². The highest BCUT2D eigenvalue weighted by molar-refractivity contribution is 5.95. The van der Waals surface area contributed by atoms with Gasteiger partial charge in [-0.05, 0) is 84.0 Å². The predicted molar refractivity (Wildman–Crippen MR) is 119 cm³/mol. The zero-order chi connectivity index (χ0) is 23.2. The second-order valence-electron chi connectivity index (χ2n) is 8.32. The summed E-state index contributed by atoms with van der Waals surface area (Å²) in [6.07, 6.45) is -0.194. The van der Waals surface area contributed by atoms with E-state index in [1.165, 1.54) is 18.2 Å². The number of amides is 1. The van der Waals surface area contributed by atoms with Gasteiger partial charge in [0.05, 0.1) is 6.42 Å². The van der Waals surface area contributed by atoms with Crippen LogP contribution in [0.4, 0.5) is 4.39 Å². The summed E-state index contributed by atoms with van der Waals surface area (Å²) in [5.41, 5.74) is 6.58. The monoisotopic (exact) mass is 433 g/mol. The average molecular weight is 433 g/mol. The minimum Gasteiger partial charge on any atom is -0.507 e. The molecule has 2 N–H and O–H groups in total. The molecule has 0 aromatic heterocycles. The third kappa shape index (κ3) is 3.73. The standard InChI is InChI=1S/C26H24FNO4/c1-14-7-8-19(23(29)9-14)25-16(3)22-13-28(26(32)17-5-4-6-18(27)10-17)12-21(22)15(2)20(25)11-24(30)31/h4-10,29H,11-13H2,1-3H3,(H,30,31). The van der Waals surface area contributed by atoms with Crippen molar-refractivity contribution in [3.05, 3.63) is 87.2 Å². The smallest absolute Gasteiger partial charge is 0.307 e. The van der Waals surface area contributed by atoms with Crippen LogP contribution in [0.1, 0.15) is 43.7 Å². The number of hydrogen-bond donors (Lipinski definition) is 2. The summed E-state index contributed by atoms with van der Waals surface area (Å²) >= 11 is 0. The molecule has 1 aliphatic heterocycles. The molecule has 6 heteroatoms. The zero-order valence-corrected chi connectivity index (χ0v) is 18.2. The maximum Gasteiger partial charge on any atom is 0.307 e. The number of hydrogen-bond acceptors (Lipinski definition) is 3. The number of carbonyl (C=O) groups excluding carboxylic acids is 1. The first kappa shape index (κ1) is 21.6. The van der Waals surface area contributed by atoms with Gasteiger partial charge < -0.3 is 15.1 Å². The van der Waals surface area contributed by atoms with Gasteiger partial charge in [-0.25, -0.2) is 4.39 Å². The molecule has 0 radical (unpaired) electrons. The van der Waals surface area contributed by atoms with Crippen molar-refractivity contribution in [1.82, 2.24) is 4.90 Å². The predicted octanol–water partition coefficient (Wildman–Crippen LogP) is 4.91. The molecule has 1 heterocycles. The van der Waals surface area contributed by atoms with Crippen molar-refractivity contribution < 1.29 is 24.2 Å². The molecule has 1 aliphatic rings. The molecule has 4 rings (SSSR count). The van der Waals surface area contributed by atoms with Crippen LogP contribution in [0.15, 0.2) is 42.5 Å². The summed E-state index contributed by atoms with van der Waals surface area (Å²) in [5.74, 6) is -1.63. The quantitative estimate of drug-likeness (QED) is 0.613. The molecule has 0 spiro atoms. The van der Waals surface area contributed by atoms with Gasteiger partial charge in [-0.15, -0.1) is 0 Å². The number of rotatable bonds is 4. The first-order valence-electron chi connectivity index (χ1n) is 10.4. The molecule has 0 unspecified atom stereocenters. The van der Waals surface area contributed by atoms with Crippen molar-refractivity contribution in [2.45, 2.75) is 40.3 Å². The zero-order valence-electron chi connectivity index (χ0n) is 18.2. The first-order chi connectivity index (χ1) is 15.2. The molecule has 0 saturated carbocycles. The summed E-state index contributed by atoms with van der Waals surface area (Å²) in [7, 11) is 0. The normalized spacial score (nSPS) is 12.7. The van der Waals surface area contributed by atoms with E-state index in [1.54, 1.807) is 23.1 Å². The molecule has 0 bridgehead atoms. The van der Waals surface area contributed by atoms with Crippen LogP contribution in [0, 0.1) is 26.6 Å². The van der Waals surface area contributed by atoms with E-state index in [1.807, 2.05) is 26.8 Å². The fourth-order valence-corrected chi connectivity index (χ4v) is 4.60. The number of fused-ring (bicyclic) bond motifs is 1. The maximum absolute atomic E-state index is 13.6. The SMILES string of the molecule is Cc1ccc(-c2c(C)c3c(c(C)c2CC(=O)O)CN(C(=O)c2cccc(F)c2)C3)c(O)c1. The Morgan fingerprint density at radius 2 is 1.69 bits per heavy atom. The van der Waals surface area contributed by atoms with Crippen LogP contribution in [0.3, 0.4) is 0 Å². The van der Waals surface area contributed by atoms with Crippen LogP contribution in [-0.2, 0) is 24.3 Å². The minimum absolute atomic E-state index is 0.0878. The second kappa shape index (κ2) is 8.11. The molecule has 0 fully saturated rings. The van der Waals surface area contributed by atoms with E-state index in [9.17, 15) is 24.2 Å². The van der Waals surface area contributed by atoms with Crippen LogP contribution in [0.2, 0.25) is 0 Å². The van der Waals surface area contributed by atoms with Crippen LogP contribution in [-0.4, -0.2) is 27.0 Å². The van der Waals surface area contributed by atoms with E-state index >= 15 is 0 Å². The van der Waals surface area contributed by atoms with Gasteiger partial charge in [-0.2, -0.15) is 0 Å². The molecule has 3 aromatic carbocycles. The highest BCUT2D eigenvalue weighted by atomic mass is 19.1. The summed E-state index contributed by atoms with van der Waals surface area (Å²) in [6, 6.07) is 10.9. The van der Waals surface area contributed by atoms with Gasteiger partial charge in [0.2, 0.25) is 0 Å². The van der Waals surface area contributed by atoms with Gasteiger partial charge in [0.25, 0.3) is 5.91 Å². The van der Waals surface area contributed by atoms with E-state index in [0.29, 0.717) is 29.8 Å². The fourth-order valence-electron chi connectivity index (χ4n) is 4.60. The molecule has 1 amide bonds. The molecular weight excluding hydrogens is 409 g/mol. The van der Waals surface area contributed by atoms with Gasteiger partial charge in [0, 0.05) is 24.2 Å². The van der Waals surface area contributed by atoms with Gasteiger partial charge in [-0.3, -0.25) is 9.59 Å². The van der Waals surface area contributed by atoms with E-state index in [-0.39, 0.29) is 23.6 Å². The Morgan fingerprint density at radius 3 is 2.31 bits per heavy atom. The van der Waals surface area contributed by atoms with Crippen molar-refractivity contribution in [3.63, 3.8) is 0 Å². The van der Waals surface area contributed by atoms with Crippen LogP contribution < -0.4 is 0 Å². The second-order valence-corrected chi connectivity index (χ2v) is 8.32. The van der Waals surface area contributed by atoms with Crippen LogP contribution in [0.5, 0.6) is 5.75 Å². The number of carbonyl (C=O) groups is 2. The number of benzene rings is 3. The molecule has 3 aromatic rings. The number of aliphatic carboxylic acids is 1. The number of phenols is 1. The highest BCUT2D eigenvalue weighted by Crippen LogP contribution is 2.42. The highest BCUT2D eigenvalue weighted by Gasteiger charge is 2.31. The molecule has 0 saturated heterocycles. The lowest BCUT2D eigenvalue weighted by Gasteiger charge is -2.20. The number of phenolic OH excluding ortho intramolecular Hbond substituents is 1. The summed E-state index contributed by atoms with van der Waals surface area (Å²) in [6.45, 7) is 6.29. The van der Waals surface area contributed by atoms with E-state index in [2.05, 4.69) is 0 Å². The van der Waals surface area contributed by atoms with E-state index in [0.717, 1.165) is 27.8 Å². The van der Waals surface area contributed by atoms with Crippen molar-refractivity contribution in [2.24, 2.45) is 0 Å². The van der Waals surface area contributed by atoms with Crippen molar-refractivity contribution in [3.8, 4) is 16.9 Å². The summed E-state index contributed by atoms with van der Waals surface area (Å²) in [4.78, 5) is 26.3. The number of aryl methyl sites for hydroxylation is 1. The van der Waals surface area contributed by atoms with E-state index in [4.69, 9.17) is 0 Å². The summed E-state index contributed by atoms with van der Waals surface area (Å²) in [5, 5.41) is 20.2. The Morgan fingerprint density at radius 1 is 1.00 bits per heavy atom.